The Kier molecular flexibility index (Phi) is 6.22. The maximum Gasteiger partial charge on any atom is 0.226 e. The number of halogens is 1. The molecule has 2 aromatic carbocycles. The molecule has 0 atom stereocenters. The third-order valence-corrected chi connectivity index (χ3v) is 4.69. The summed E-state index contributed by atoms with van der Waals surface area (Å²) < 4.78 is 1.05. The van der Waals surface area contributed by atoms with Crippen molar-refractivity contribution < 1.29 is 4.79 Å². The van der Waals surface area contributed by atoms with Crippen molar-refractivity contribution in [1.29, 1.82) is 0 Å². The number of rotatable bonds is 6. The molecule has 23 heavy (non-hydrogen) atoms. The number of carbonyl (C=O) groups is 1. The molecule has 0 aliphatic heterocycles. The molecule has 2 rings (SSSR count). The number of hydrogen-bond donors (Lipinski definition) is 1. The van der Waals surface area contributed by atoms with Crippen LogP contribution in [0.5, 0.6) is 0 Å². The lowest BCUT2D eigenvalue weighted by Gasteiger charge is -2.23. The molecule has 0 aliphatic rings. The second-order valence-corrected chi connectivity index (χ2v) is 6.54. The maximum absolute atomic E-state index is 12.2. The fourth-order valence-corrected chi connectivity index (χ4v) is 2.72. The molecule has 4 heteroatoms. The summed E-state index contributed by atoms with van der Waals surface area (Å²) >= 11 is 3.47. The summed E-state index contributed by atoms with van der Waals surface area (Å²) in [5.41, 5.74) is 4.35. The van der Waals surface area contributed by atoms with Gasteiger partial charge in [0.2, 0.25) is 5.91 Å². The van der Waals surface area contributed by atoms with Gasteiger partial charge in [0.25, 0.3) is 0 Å². The maximum atomic E-state index is 12.2. The number of carbonyl (C=O) groups excluding carboxylic acids is 1. The zero-order chi connectivity index (χ0) is 16.8. The summed E-state index contributed by atoms with van der Waals surface area (Å²) in [7, 11) is 0. The topological polar surface area (TPSA) is 32.3 Å². The van der Waals surface area contributed by atoms with Crippen LogP contribution in [0.3, 0.4) is 0 Å². The normalized spacial score (nSPS) is 10.4. The third-order valence-electron chi connectivity index (χ3n) is 3.80. The zero-order valence-corrected chi connectivity index (χ0v) is 15.5. The van der Waals surface area contributed by atoms with Crippen molar-refractivity contribution in [3.63, 3.8) is 0 Å². The van der Waals surface area contributed by atoms with Gasteiger partial charge in [0, 0.05) is 35.4 Å². The molecule has 0 heterocycles. The van der Waals surface area contributed by atoms with E-state index < -0.39 is 0 Å². The van der Waals surface area contributed by atoms with E-state index in [-0.39, 0.29) is 5.91 Å². The Morgan fingerprint density at radius 1 is 1.17 bits per heavy atom. The monoisotopic (exact) mass is 374 g/mol. The van der Waals surface area contributed by atoms with Gasteiger partial charge in [-0.25, -0.2) is 0 Å². The van der Waals surface area contributed by atoms with Crippen molar-refractivity contribution in [3.05, 3.63) is 58.1 Å². The Morgan fingerprint density at radius 3 is 2.61 bits per heavy atom. The predicted molar refractivity (Wildman–Crippen MR) is 101 cm³/mol. The quantitative estimate of drug-likeness (QED) is 0.777. The van der Waals surface area contributed by atoms with Gasteiger partial charge < -0.3 is 10.2 Å². The van der Waals surface area contributed by atoms with Gasteiger partial charge in [0.1, 0.15) is 0 Å². The van der Waals surface area contributed by atoms with E-state index in [9.17, 15) is 4.79 Å². The van der Waals surface area contributed by atoms with Crippen molar-refractivity contribution in [2.24, 2.45) is 0 Å². The summed E-state index contributed by atoms with van der Waals surface area (Å²) in [6, 6.07) is 14.2. The molecular formula is C19H23BrN2O. The Hall–Kier alpha value is -1.81. The molecule has 2 aromatic rings. The van der Waals surface area contributed by atoms with Gasteiger partial charge >= 0.3 is 0 Å². The number of aryl methyl sites for hydroxylation is 2. The van der Waals surface area contributed by atoms with Gasteiger partial charge in [-0.2, -0.15) is 0 Å². The van der Waals surface area contributed by atoms with E-state index in [0.717, 1.165) is 22.3 Å². The highest BCUT2D eigenvalue weighted by molar-refractivity contribution is 9.10. The van der Waals surface area contributed by atoms with Crippen LogP contribution < -0.4 is 10.2 Å². The van der Waals surface area contributed by atoms with Gasteiger partial charge in [0.15, 0.2) is 0 Å². The molecule has 0 saturated carbocycles. The van der Waals surface area contributed by atoms with Gasteiger partial charge in [-0.3, -0.25) is 4.79 Å². The van der Waals surface area contributed by atoms with E-state index in [1.54, 1.807) is 0 Å². The summed E-state index contributed by atoms with van der Waals surface area (Å²) in [5, 5.41) is 2.97. The van der Waals surface area contributed by atoms with Crippen molar-refractivity contribution in [3.8, 4) is 0 Å². The highest BCUT2D eigenvalue weighted by Crippen LogP contribution is 2.20. The van der Waals surface area contributed by atoms with Crippen LogP contribution in [0.15, 0.2) is 46.9 Å². The number of anilines is 2. The van der Waals surface area contributed by atoms with Crippen LogP contribution in [0.25, 0.3) is 0 Å². The van der Waals surface area contributed by atoms with E-state index in [4.69, 9.17) is 0 Å². The first-order valence-electron chi connectivity index (χ1n) is 7.87. The van der Waals surface area contributed by atoms with E-state index >= 15 is 0 Å². The van der Waals surface area contributed by atoms with E-state index in [2.05, 4.69) is 64.3 Å². The molecule has 0 aliphatic carbocycles. The summed E-state index contributed by atoms with van der Waals surface area (Å²) in [5.74, 6) is 0.0397. The molecule has 0 spiro atoms. The van der Waals surface area contributed by atoms with Crippen LogP contribution >= 0.6 is 15.9 Å². The molecule has 3 nitrogen and oxygen atoms in total. The minimum atomic E-state index is 0.0397. The zero-order valence-electron chi connectivity index (χ0n) is 13.9. The first kappa shape index (κ1) is 17.5. The lowest BCUT2D eigenvalue weighted by Crippen LogP contribution is -2.27. The molecule has 0 fully saturated rings. The molecule has 0 radical (unpaired) electrons. The molecule has 0 unspecified atom stereocenters. The molecule has 0 bridgehead atoms. The fraction of sp³-hybridized carbons (Fsp3) is 0.316. The molecule has 0 saturated heterocycles. The first-order valence-corrected chi connectivity index (χ1v) is 8.66. The average molecular weight is 375 g/mol. The lowest BCUT2D eigenvalue weighted by atomic mass is 10.2. The average Bonchev–Trinajstić information content (AvgIpc) is 2.52. The van der Waals surface area contributed by atoms with E-state index in [1.165, 1.54) is 11.3 Å². The fourth-order valence-electron chi connectivity index (χ4n) is 2.48. The highest BCUT2D eigenvalue weighted by atomic mass is 79.9. The Bertz CT molecular complexity index is 685. The van der Waals surface area contributed by atoms with Crippen LogP contribution in [0.1, 0.15) is 24.5 Å². The van der Waals surface area contributed by atoms with Crippen LogP contribution in [0.4, 0.5) is 11.4 Å². The predicted octanol–water partition coefficient (Wildman–Crippen LogP) is 4.92. The summed E-state index contributed by atoms with van der Waals surface area (Å²) in [4.78, 5) is 14.4. The number of benzene rings is 2. The van der Waals surface area contributed by atoms with Gasteiger partial charge in [-0.15, -0.1) is 0 Å². The third kappa shape index (κ3) is 5.10. The summed E-state index contributed by atoms with van der Waals surface area (Å²) in [6.07, 6.45) is 0.469. The standard InChI is InChI=1S/C19H23BrN2O/c1-4-22(17-7-5-6-14(2)12-17)11-10-19(23)21-16-8-9-18(20)15(3)13-16/h5-9,12-13H,4,10-11H2,1-3H3,(H,21,23). The molecule has 1 N–H and O–H groups in total. The smallest absolute Gasteiger partial charge is 0.226 e. The number of hydrogen-bond acceptors (Lipinski definition) is 2. The first-order chi connectivity index (χ1) is 11.0. The number of amides is 1. The van der Waals surface area contributed by atoms with Gasteiger partial charge in [-0.05, 0) is 62.2 Å². The van der Waals surface area contributed by atoms with Crippen molar-refractivity contribution >= 4 is 33.2 Å². The van der Waals surface area contributed by atoms with Crippen LogP contribution in [0, 0.1) is 13.8 Å². The van der Waals surface area contributed by atoms with E-state index in [1.807, 2.05) is 25.1 Å². The second-order valence-electron chi connectivity index (χ2n) is 5.68. The number of nitrogens with one attached hydrogen (secondary N) is 1. The lowest BCUT2D eigenvalue weighted by molar-refractivity contribution is -0.116. The SMILES string of the molecule is CCN(CCC(=O)Nc1ccc(Br)c(C)c1)c1cccc(C)c1. The second kappa shape index (κ2) is 8.16. The minimum absolute atomic E-state index is 0.0397. The Labute approximate surface area is 146 Å². The minimum Gasteiger partial charge on any atom is -0.371 e. The highest BCUT2D eigenvalue weighted by Gasteiger charge is 2.09. The van der Waals surface area contributed by atoms with Gasteiger partial charge in [0.05, 0.1) is 0 Å². The van der Waals surface area contributed by atoms with Crippen LogP contribution in [-0.2, 0) is 4.79 Å². The molecule has 1 amide bonds. The van der Waals surface area contributed by atoms with E-state index in [0.29, 0.717) is 13.0 Å². The molecule has 122 valence electrons. The van der Waals surface area contributed by atoms with Crippen molar-refractivity contribution in [2.75, 3.05) is 23.3 Å². The van der Waals surface area contributed by atoms with Gasteiger partial charge in [-0.1, -0.05) is 28.1 Å². The van der Waals surface area contributed by atoms with Crippen LogP contribution in [0.2, 0.25) is 0 Å². The van der Waals surface area contributed by atoms with Crippen molar-refractivity contribution in [1.82, 2.24) is 0 Å². The largest absolute Gasteiger partial charge is 0.371 e. The Balaban J connectivity index is 1.93. The van der Waals surface area contributed by atoms with Crippen molar-refractivity contribution in [2.45, 2.75) is 27.2 Å². The number of nitrogens with zero attached hydrogens (tertiary/aromatic N) is 1. The Morgan fingerprint density at radius 2 is 1.96 bits per heavy atom. The molecular weight excluding hydrogens is 352 g/mol. The van der Waals surface area contributed by atoms with Crippen LogP contribution in [-0.4, -0.2) is 19.0 Å². The summed E-state index contributed by atoms with van der Waals surface area (Å²) in [6.45, 7) is 7.80. The molecule has 0 aromatic heterocycles.